The molecule has 1 unspecified atom stereocenters. The SMILES string of the molecule is CN(C)CC(C)(O)CNCC(=O)Nc1cccc(F)c1. The molecule has 3 N–H and O–H groups in total. The van der Waals surface area contributed by atoms with Gasteiger partial charge in [0.25, 0.3) is 0 Å². The van der Waals surface area contributed by atoms with E-state index in [1.165, 1.54) is 18.2 Å². The first kappa shape index (κ1) is 16.6. The quantitative estimate of drug-likeness (QED) is 0.688. The molecule has 20 heavy (non-hydrogen) atoms. The number of nitrogens with one attached hydrogen (secondary N) is 2. The fourth-order valence-electron chi connectivity index (χ4n) is 1.95. The van der Waals surface area contributed by atoms with Crippen LogP contribution in [-0.2, 0) is 4.79 Å². The molecule has 0 aliphatic heterocycles. The van der Waals surface area contributed by atoms with Crippen LogP contribution in [0.4, 0.5) is 10.1 Å². The molecule has 0 bridgehead atoms. The zero-order valence-electron chi connectivity index (χ0n) is 12.1. The summed E-state index contributed by atoms with van der Waals surface area (Å²) in [6.45, 7) is 2.54. The van der Waals surface area contributed by atoms with Crippen LogP contribution in [-0.4, -0.2) is 55.2 Å². The average molecular weight is 283 g/mol. The van der Waals surface area contributed by atoms with Gasteiger partial charge in [-0.05, 0) is 39.2 Å². The van der Waals surface area contributed by atoms with Gasteiger partial charge in [0.1, 0.15) is 5.82 Å². The number of anilines is 1. The van der Waals surface area contributed by atoms with E-state index in [2.05, 4.69) is 10.6 Å². The van der Waals surface area contributed by atoms with Gasteiger partial charge in [-0.3, -0.25) is 4.79 Å². The molecule has 1 atom stereocenters. The fraction of sp³-hybridized carbons (Fsp3) is 0.500. The maximum atomic E-state index is 12.9. The summed E-state index contributed by atoms with van der Waals surface area (Å²) < 4.78 is 12.9. The van der Waals surface area contributed by atoms with Gasteiger partial charge in [0, 0.05) is 18.8 Å². The molecule has 0 fully saturated rings. The van der Waals surface area contributed by atoms with Crippen molar-refractivity contribution < 1.29 is 14.3 Å². The third-order valence-electron chi connectivity index (χ3n) is 2.56. The molecule has 0 heterocycles. The second kappa shape index (κ2) is 7.33. The van der Waals surface area contributed by atoms with Crippen LogP contribution in [0.1, 0.15) is 6.92 Å². The number of halogens is 1. The number of benzene rings is 1. The molecule has 1 rings (SSSR count). The molecule has 1 aromatic rings. The maximum Gasteiger partial charge on any atom is 0.238 e. The number of carbonyl (C=O) groups is 1. The molecular weight excluding hydrogens is 261 g/mol. The van der Waals surface area contributed by atoms with Crippen molar-refractivity contribution in [1.82, 2.24) is 10.2 Å². The molecule has 0 aliphatic carbocycles. The Morgan fingerprint density at radius 1 is 1.45 bits per heavy atom. The van der Waals surface area contributed by atoms with Crippen molar-refractivity contribution in [3.8, 4) is 0 Å². The molecule has 0 spiro atoms. The van der Waals surface area contributed by atoms with E-state index in [1.54, 1.807) is 13.0 Å². The predicted octanol–water partition coefficient (Wildman–Crippen LogP) is 0.666. The second-order valence-corrected chi connectivity index (χ2v) is 5.40. The topological polar surface area (TPSA) is 64.6 Å². The lowest BCUT2D eigenvalue weighted by atomic mass is 10.1. The Morgan fingerprint density at radius 3 is 2.75 bits per heavy atom. The van der Waals surface area contributed by atoms with Crippen LogP contribution in [0, 0.1) is 5.82 Å². The van der Waals surface area contributed by atoms with Gasteiger partial charge in [-0.2, -0.15) is 0 Å². The van der Waals surface area contributed by atoms with Crippen molar-refractivity contribution in [2.45, 2.75) is 12.5 Å². The first-order chi connectivity index (χ1) is 9.28. The Labute approximate surface area is 118 Å². The zero-order chi connectivity index (χ0) is 15.2. The lowest BCUT2D eigenvalue weighted by molar-refractivity contribution is -0.115. The van der Waals surface area contributed by atoms with Crippen LogP contribution in [0.25, 0.3) is 0 Å². The van der Waals surface area contributed by atoms with Gasteiger partial charge >= 0.3 is 0 Å². The first-order valence-electron chi connectivity index (χ1n) is 6.42. The van der Waals surface area contributed by atoms with E-state index in [-0.39, 0.29) is 12.5 Å². The number of carbonyl (C=O) groups excluding carboxylic acids is 1. The van der Waals surface area contributed by atoms with E-state index in [0.717, 1.165) is 0 Å². The predicted molar refractivity (Wildman–Crippen MR) is 77.1 cm³/mol. The number of rotatable bonds is 7. The molecule has 1 amide bonds. The van der Waals surface area contributed by atoms with E-state index in [4.69, 9.17) is 0 Å². The highest BCUT2D eigenvalue weighted by Crippen LogP contribution is 2.08. The third-order valence-corrected chi connectivity index (χ3v) is 2.56. The number of amides is 1. The highest BCUT2D eigenvalue weighted by molar-refractivity contribution is 5.92. The lowest BCUT2D eigenvalue weighted by Crippen LogP contribution is -2.47. The summed E-state index contributed by atoms with van der Waals surface area (Å²) in [5.41, 5.74) is -0.500. The van der Waals surface area contributed by atoms with E-state index < -0.39 is 11.4 Å². The van der Waals surface area contributed by atoms with E-state index >= 15 is 0 Å². The summed E-state index contributed by atoms with van der Waals surface area (Å²) in [6, 6.07) is 5.70. The van der Waals surface area contributed by atoms with Gasteiger partial charge < -0.3 is 20.6 Å². The van der Waals surface area contributed by atoms with Crippen LogP contribution in [0.3, 0.4) is 0 Å². The van der Waals surface area contributed by atoms with Crippen molar-refractivity contribution in [3.05, 3.63) is 30.1 Å². The summed E-state index contributed by atoms with van der Waals surface area (Å²) in [6.07, 6.45) is 0. The van der Waals surface area contributed by atoms with Crippen molar-refractivity contribution in [2.75, 3.05) is 39.0 Å². The minimum Gasteiger partial charge on any atom is -0.388 e. The van der Waals surface area contributed by atoms with Crippen LogP contribution in [0.5, 0.6) is 0 Å². The van der Waals surface area contributed by atoms with Gasteiger partial charge in [0.2, 0.25) is 5.91 Å². The van der Waals surface area contributed by atoms with Crippen LogP contribution in [0.2, 0.25) is 0 Å². The normalized spacial score (nSPS) is 14.1. The number of nitrogens with zero attached hydrogens (tertiary/aromatic N) is 1. The fourth-order valence-corrected chi connectivity index (χ4v) is 1.95. The van der Waals surface area contributed by atoms with Crippen molar-refractivity contribution in [3.63, 3.8) is 0 Å². The van der Waals surface area contributed by atoms with Crippen LogP contribution in [0.15, 0.2) is 24.3 Å². The summed E-state index contributed by atoms with van der Waals surface area (Å²) in [5, 5.41) is 15.5. The molecular formula is C14H22FN3O2. The number of aliphatic hydroxyl groups is 1. The summed E-state index contributed by atoms with van der Waals surface area (Å²) >= 11 is 0. The highest BCUT2D eigenvalue weighted by atomic mass is 19.1. The number of hydrogen-bond acceptors (Lipinski definition) is 4. The average Bonchev–Trinajstić information content (AvgIpc) is 2.26. The number of hydrogen-bond donors (Lipinski definition) is 3. The van der Waals surface area contributed by atoms with Crippen LogP contribution >= 0.6 is 0 Å². The molecule has 112 valence electrons. The van der Waals surface area contributed by atoms with E-state index in [9.17, 15) is 14.3 Å². The summed E-state index contributed by atoms with van der Waals surface area (Å²) in [4.78, 5) is 13.5. The minimum atomic E-state index is -0.914. The zero-order valence-corrected chi connectivity index (χ0v) is 12.1. The Morgan fingerprint density at radius 2 is 2.15 bits per heavy atom. The van der Waals surface area contributed by atoms with Gasteiger partial charge in [0.05, 0.1) is 12.1 Å². The van der Waals surface area contributed by atoms with E-state index in [0.29, 0.717) is 18.8 Å². The minimum absolute atomic E-state index is 0.0556. The van der Waals surface area contributed by atoms with Gasteiger partial charge in [-0.25, -0.2) is 4.39 Å². The molecule has 0 aromatic heterocycles. The molecule has 1 aromatic carbocycles. The molecule has 5 nitrogen and oxygen atoms in total. The van der Waals surface area contributed by atoms with Gasteiger partial charge in [-0.15, -0.1) is 0 Å². The molecule has 0 aliphatic rings. The van der Waals surface area contributed by atoms with Crippen molar-refractivity contribution in [2.24, 2.45) is 0 Å². The van der Waals surface area contributed by atoms with E-state index in [1.807, 2.05) is 19.0 Å². The molecule has 6 heteroatoms. The third kappa shape index (κ3) is 6.60. The Balaban J connectivity index is 2.33. The Bertz CT molecular complexity index is 450. The highest BCUT2D eigenvalue weighted by Gasteiger charge is 2.20. The van der Waals surface area contributed by atoms with Gasteiger partial charge in [0.15, 0.2) is 0 Å². The Hall–Kier alpha value is -1.50. The smallest absolute Gasteiger partial charge is 0.238 e. The first-order valence-corrected chi connectivity index (χ1v) is 6.42. The second-order valence-electron chi connectivity index (χ2n) is 5.40. The molecule has 0 saturated carbocycles. The largest absolute Gasteiger partial charge is 0.388 e. The molecule has 0 radical (unpaired) electrons. The van der Waals surface area contributed by atoms with Crippen molar-refractivity contribution >= 4 is 11.6 Å². The Kier molecular flexibility index (Phi) is 6.06. The monoisotopic (exact) mass is 283 g/mol. The number of likely N-dealkylation sites (N-methyl/N-ethyl adjacent to an activating group) is 1. The molecule has 0 saturated heterocycles. The van der Waals surface area contributed by atoms with Crippen LogP contribution < -0.4 is 10.6 Å². The van der Waals surface area contributed by atoms with Crippen molar-refractivity contribution in [1.29, 1.82) is 0 Å². The summed E-state index contributed by atoms with van der Waals surface area (Å²) in [7, 11) is 3.73. The maximum absolute atomic E-state index is 12.9. The van der Waals surface area contributed by atoms with Gasteiger partial charge in [-0.1, -0.05) is 6.07 Å². The standard InChI is InChI=1S/C14H22FN3O2/c1-14(20,10-18(2)3)9-16-8-13(19)17-12-6-4-5-11(15)7-12/h4-7,16,20H,8-10H2,1-3H3,(H,17,19). The summed E-state index contributed by atoms with van der Waals surface area (Å²) in [5.74, 6) is -0.680. The lowest BCUT2D eigenvalue weighted by Gasteiger charge is -2.27.